The number of allylic oxidation sites excluding steroid dienone is 1. The Morgan fingerprint density at radius 1 is 0.706 bits per heavy atom. The average molecular weight is 234 g/mol. The highest BCUT2D eigenvalue weighted by Crippen LogP contribution is 2.36. The van der Waals surface area contributed by atoms with E-state index in [2.05, 4.69) is 12.7 Å². The van der Waals surface area contributed by atoms with E-state index >= 15 is 0 Å². The summed E-state index contributed by atoms with van der Waals surface area (Å²) in [7, 11) is 0. The van der Waals surface area contributed by atoms with Gasteiger partial charge in [-0.15, -0.1) is 6.58 Å². The van der Waals surface area contributed by atoms with Gasteiger partial charge in [0.1, 0.15) is 0 Å². The smallest absolute Gasteiger partial charge is 0.0325 e. The fourth-order valence-corrected chi connectivity index (χ4v) is 3.94. The van der Waals surface area contributed by atoms with Gasteiger partial charge in [0.25, 0.3) is 0 Å². The van der Waals surface area contributed by atoms with E-state index in [1.165, 1.54) is 77.0 Å². The monoisotopic (exact) mass is 234 g/mol. The molecule has 2 saturated carbocycles. The Balaban J connectivity index is 1.59. The predicted molar refractivity (Wildman–Crippen MR) is 76.1 cm³/mol. The second kappa shape index (κ2) is 7.24. The van der Waals surface area contributed by atoms with Crippen molar-refractivity contribution < 1.29 is 0 Å². The highest BCUT2D eigenvalue weighted by molar-refractivity contribution is 4.79. The van der Waals surface area contributed by atoms with E-state index in [4.69, 9.17) is 0 Å². The Hall–Kier alpha value is -0.260. The second-order valence-corrected chi connectivity index (χ2v) is 6.49. The zero-order valence-electron chi connectivity index (χ0n) is 11.5. The van der Waals surface area contributed by atoms with Crippen molar-refractivity contribution in [2.75, 3.05) is 0 Å². The van der Waals surface area contributed by atoms with Crippen LogP contribution in [0.4, 0.5) is 0 Å². The fourth-order valence-electron chi connectivity index (χ4n) is 3.94. The summed E-state index contributed by atoms with van der Waals surface area (Å²) in [6, 6.07) is 0. The summed E-state index contributed by atoms with van der Waals surface area (Å²) in [5.41, 5.74) is 0. The third kappa shape index (κ3) is 4.48. The minimum atomic E-state index is 0.971. The first-order valence-electron chi connectivity index (χ1n) is 7.99. The molecule has 2 rings (SSSR count). The summed E-state index contributed by atoms with van der Waals surface area (Å²) in [6.45, 7) is 3.87. The molecule has 0 N–H and O–H groups in total. The predicted octanol–water partition coefficient (Wildman–Crippen LogP) is 5.73. The molecule has 2 aliphatic carbocycles. The van der Waals surface area contributed by atoms with E-state index in [9.17, 15) is 0 Å². The Bertz CT molecular complexity index is 204. The highest BCUT2D eigenvalue weighted by Gasteiger charge is 2.21. The van der Waals surface area contributed by atoms with Gasteiger partial charge < -0.3 is 0 Å². The van der Waals surface area contributed by atoms with Crippen LogP contribution < -0.4 is 0 Å². The molecule has 0 saturated heterocycles. The van der Waals surface area contributed by atoms with Crippen molar-refractivity contribution in [3.8, 4) is 0 Å². The molecule has 0 nitrogen and oxygen atoms in total. The molecular formula is C17H30. The molecule has 0 radical (unpaired) electrons. The summed E-state index contributed by atoms with van der Waals surface area (Å²) in [6.07, 6.45) is 20.0. The topological polar surface area (TPSA) is 0 Å². The van der Waals surface area contributed by atoms with Gasteiger partial charge in [0.05, 0.1) is 0 Å². The Labute approximate surface area is 108 Å². The van der Waals surface area contributed by atoms with Crippen molar-refractivity contribution in [2.45, 2.75) is 77.0 Å². The normalized spacial score (nSPS) is 31.3. The third-order valence-electron chi connectivity index (χ3n) is 5.17. The molecule has 0 unspecified atom stereocenters. The van der Waals surface area contributed by atoms with Gasteiger partial charge in [0.2, 0.25) is 0 Å². The van der Waals surface area contributed by atoms with Crippen LogP contribution in [0.15, 0.2) is 12.7 Å². The summed E-state index contributed by atoms with van der Waals surface area (Å²) >= 11 is 0. The zero-order chi connectivity index (χ0) is 11.9. The van der Waals surface area contributed by atoms with Crippen LogP contribution in [0.3, 0.4) is 0 Å². The molecule has 0 heterocycles. The molecule has 2 aliphatic rings. The first-order valence-corrected chi connectivity index (χ1v) is 7.99. The standard InChI is InChI=1S/C17H30/c1-2-6-15-9-12-17(13-10-15)14-11-16-7-4-3-5-8-16/h2,15-17H,1,3-14H2/t15-,17-. The van der Waals surface area contributed by atoms with E-state index in [0.717, 1.165) is 17.8 Å². The lowest BCUT2D eigenvalue weighted by Crippen LogP contribution is -2.16. The van der Waals surface area contributed by atoms with E-state index in [0.29, 0.717) is 0 Å². The quantitative estimate of drug-likeness (QED) is 0.533. The number of rotatable bonds is 5. The van der Waals surface area contributed by atoms with Gasteiger partial charge in [-0.2, -0.15) is 0 Å². The summed E-state index contributed by atoms with van der Waals surface area (Å²) in [5, 5.41) is 0. The highest BCUT2D eigenvalue weighted by atomic mass is 14.3. The molecule has 17 heavy (non-hydrogen) atoms. The van der Waals surface area contributed by atoms with Crippen LogP contribution in [-0.4, -0.2) is 0 Å². The molecule has 98 valence electrons. The van der Waals surface area contributed by atoms with Gasteiger partial charge in [0.15, 0.2) is 0 Å². The van der Waals surface area contributed by atoms with Crippen LogP contribution in [0, 0.1) is 17.8 Å². The molecule has 0 atom stereocenters. The van der Waals surface area contributed by atoms with E-state index in [1.54, 1.807) is 0 Å². The van der Waals surface area contributed by atoms with Crippen LogP contribution in [0.25, 0.3) is 0 Å². The molecule has 0 aliphatic heterocycles. The van der Waals surface area contributed by atoms with Gasteiger partial charge in [-0.05, 0) is 37.0 Å². The number of hydrogen-bond donors (Lipinski definition) is 0. The molecule has 0 aromatic carbocycles. The molecule has 0 aromatic heterocycles. The van der Waals surface area contributed by atoms with Crippen LogP contribution in [0.1, 0.15) is 77.0 Å². The first-order chi connectivity index (χ1) is 8.38. The van der Waals surface area contributed by atoms with Crippen LogP contribution in [0.2, 0.25) is 0 Å². The van der Waals surface area contributed by atoms with Gasteiger partial charge in [0, 0.05) is 0 Å². The molecule has 2 fully saturated rings. The summed E-state index contributed by atoms with van der Waals surface area (Å²) < 4.78 is 0. The van der Waals surface area contributed by atoms with Crippen molar-refractivity contribution in [2.24, 2.45) is 17.8 Å². The Morgan fingerprint density at radius 3 is 1.82 bits per heavy atom. The Morgan fingerprint density at radius 2 is 1.24 bits per heavy atom. The lowest BCUT2D eigenvalue weighted by atomic mass is 9.76. The average Bonchev–Trinajstić information content (AvgIpc) is 2.40. The second-order valence-electron chi connectivity index (χ2n) is 6.49. The molecule has 0 spiro atoms. The van der Waals surface area contributed by atoms with E-state index < -0.39 is 0 Å². The molecular weight excluding hydrogens is 204 g/mol. The number of hydrogen-bond acceptors (Lipinski definition) is 0. The zero-order valence-corrected chi connectivity index (χ0v) is 11.5. The maximum atomic E-state index is 3.87. The van der Waals surface area contributed by atoms with Crippen LogP contribution in [0.5, 0.6) is 0 Å². The minimum absolute atomic E-state index is 0.971. The molecule has 0 heteroatoms. The van der Waals surface area contributed by atoms with Gasteiger partial charge in [-0.25, -0.2) is 0 Å². The third-order valence-corrected chi connectivity index (χ3v) is 5.17. The summed E-state index contributed by atoms with van der Waals surface area (Å²) in [5.74, 6) is 3.13. The first kappa shape index (κ1) is 13.2. The van der Waals surface area contributed by atoms with Crippen molar-refractivity contribution >= 4 is 0 Å². The molecule has 0 aromatic rings. The van der Waals surface area contributed by atoms with Crippen molar-refractivity contribution in [1.29, 1.82) is 0 Å². The largest absolute Gasteiger partial charge is 0.103 e. The van der Waals surface area contributed by atoms with Crippen LogP contribution in [-0.2, 0) is 0 Å². The lowest BCUT2D eigenvalue weighted by Gasteiger charge is -2.29. The maximum absolute atomic E-state index is 3.87. The van der Waals surface area contributed by atoms with E-state index in [1.807, 2.05) is 0 Å². The molecule has 0 bridgehead atoms. The van der Waals surface area contributed by atoms with Gasteiger partial charge in [-0.1, -0.05) is 63.9 Å². The lowest BCUT2D eigenvalue weighted by molar-refractivity contribution is 0.236. The molecule has 0 amide bonds. The van der Waals surface area contributed by atoms with E-state index in [-0.39, 0.29) is 0 Å². The minimum Gasteiger partial charge on any atom is -0.103 e. The van der Waals surface area contributed by atoms with Gasteiger partial charge in [-0.3, -0.25) is 0 Å². The van der Waals surface area contributed by atoms with Crippen molar-refractivity contribution in [3.05, 3.63) is 12.7 Å². The van der Waals surface area contributed by atoms with Crippen molar-refractivity contribution in [3.63, 3.8) is 0 Å². The van der Waals surface area contributed by atoms with Crippen LogP contribution >= 0.6 is 0 Å². The fraction of sp³-hybridized carbons (Fsp3) is 0.882. The van der Waals surface area contributed by atoms with Gasteiger partial charge >= 0.3 is 0 Å². The maximum Gasteiger partial charge on any atom is -0.0325 e. The summed E-state index contributed by atoms with van der Waals surface area (Å²) in [4.78, 5) is 0. The SMILES string of the molecule is C=CC[C@H]1CC[C@H](CCC2CCCCC2)CC1. The Kier molecular flexibility index (Phi) is 5.61. The van der Waals surface area contributed by atoms with Crippen molar-refractivity contribution in [1.82, 2.24) is 0 Å².